The molecule has 0 spiro atoms. The lowest BCUT2D eigenvalue weighted by Crippen LogP contribution is -2.23. The molecule has 0 unspecified atom stereocenters. The SMILES string of the molecule is O=C1Nc2ccc(S(=O)(=O)NCc3ccncc3)cc2C1=O. The number of nitrogens with one attached hydrogen (secondary N) is 2. The molecule has 112 valence electrons. The number of Topliss-reactive ketones (excluding diaryl/α,β-unsaturated/α-hetero) is 1. The molecule has 0 aliphatic carbocycles. The highest BCUT2D eigenvalue weighted by Gasteiger charge is 2.29. The van der Waals surface area contributed by atoms with Crippen LogP contribution in [0.3, 0.4) is 0 Å². The van der Waals surface area contributed by atoms with Gasteiger partial charge in [-0.05, 0) is 35.9 Å². The normalized spacial score (nSPS) is 13.8. The molecule has 1 aliphatic rings. The summed E-state index contributed by atoms with van der Waals surface area (Å²) in [5, 5.41) is 2.37. The van der Waals surface area contributed by atoms with E-state index in [0.717, 1.165) is 5.56 Å². The Morgan fingerprint density at radius 1 is 1.09 bits per heavy atom. The van der Waals surface area contributed by atoms with Gasteiger partial charge in [-0.25, -0.2) is 13.1 Å². The van der Waals surface area contributed by atoms with Crippen LogP contribution in [0.2, 0.25) is 0 Å². The monoisotopic (exact) mass is 317 g/mol. The van der Waals surface area contributed by atoms with Gasteiger partial charge in [-0.1, -0.05) is 0 Å². The molecule has 2 N–H and O–H groups in total. The van der Waals surface area contributed by atoms with Crippen molar-refractivity contribution in [3.63, 3.8) is 0 Å². The summed E-state index contributed by atoms with van der Waals surface area (Å²) < 4.78 is 26.9. The zero-order valence-electron chi connectivity index (χ0n) is 11.2. The molecule has 8 heteroatoms. The van der Waals surface area contributed by atoms with Crippen LogP contribution in [-0.2, 0) is 21.4 Å². The molecule has 2 aromatic rings. The highest BCUT2D eigenvalue weighted by molar-refractivity contribution is 7.89. The van der Waals surface area contributed by atoms with E-state index < -0.39 is 21.7 Å². The highest BCUT2D eigenvalue weighted by atomic mass is 32.2. The molecular weight excluding hydrogens is 306 g/mol. The van der Waals surface area contributed by atoms with Crippen LogP contribution in [0, 0.1) is 0 Å². The number of hydrogen-bond donors (Lipinski definition) is 2. The number of rotatable bonds is 4. The summed E-state index contributed by atoms with van der Waals surface area (Å²) in [6.45, 7) is 0.104. The van der Waals surface area contributed by atoms with Gasteiger partial charge in [0.1, 0.15) is 0 Å². The van der Waals surface area contributed by atoms with Crippen molar-refractivity contribution in [2.24, 2.45) is 0 Å². The van der Waals surface area contributed by atoms with Gasteiger partial charge in [0, 0.05) is 18.9 Å². The molecule has 1 aromatic heterocycles. The maximum Gasteiger partial charge on any atom is 0.296 e. The van der Waals surface area contributed by atoms with Crippen molar-refractivity contribution in [3.05, 3.63) is 53.9 Å². The summed E-state index contributed by atoms with van der Waals surface area (Å²) in [7, 11) is -3.78. The van der Waals surface area contributed by atoms with E-state index in [4.69, 9.17) is 0 Å². The average Bonchev–Trinajstić information content (AvgIpc) is 2.81. The van der Waals surface area contributed by atoms with Crippen molar-refractivity contribution >= 4 is 27.4 Å². The van der Waals surface area contributed by atoms with E-state index in [-0.39, 0.29) is 17.0 Å². The quantitative estimate of drug-likeness (QED) is 0.807. The number of carbonyl (C=O) groups excluding carboxylic acids is 2. The topological polar surface area (TPSA) is 105 Å². The molecule has 0 atom stereocenters. The summed E-state index contributed by atoms with van der Waals surface area (Å²) >= 11 is 0. The first kappa shape index (κ1) is 14.4. The van der Waals surface area contributed by atoms with E-state index in [2.05, 4.69) is 15.0 Å². The highest BCUT2D eigenvalue weighted by Crippen LogP contribution is 2.25. The van der Waals surface area contributed by atoms with Crippen LogP contribution >= 0.6 is 0 Å². The molecule has 7 nitrogen and oxygen atoms in total. The maximum absolute atomic E-state index is 12.3. The third-order valence-electron chi connectivity index (χ3n) is 3.22. The zero-order valence-corrected chi connectivity index (χ0v) is 12.1. The molecular formula is C14H11N3O4S. The second-order valence-electron chi connectivity index (χ2n) is 4.67. The lowest BCUT2D eigenvalue weighted by molar-refractivity contribution is -0.112. The molecule has 0 saturated heterocycles. The fraction of sp³-hybridized carbons (Fsp3) is 0.0714. The van der Waals surface area contributed by atoms with Gasteiger partial charge in [0.05, 0.1) is 16.1 Å². The minimum absolute atomic E-state index is 0.0647. The number of hydrogen-bond acceptors (Lipinski definition) is 5. The van der Waals surface area contributed by atoms with Crippen LogP contribution in [0.15, 0.2) is 47.6 Å². The lowest BCUT2D eigenvalue weighted by Gasteiger charge is -2.07. The smallest absolute Gasteiger partial charge is 0.296 e. The van der Waals surface area contributed by atoms with Crippen molar-refractivity contribution in [1.82, 2.24) is 9.71 Å². The Morgan fingerprint density at radius 3 is 2.55 bits per heavy atom. The molecule has 2 heterocycles. The van der Waals surface area contributed by atoms with Gasteiger partial charge in [-0.2, -0.15) is 0 Å². The van der Waals surface area contributed by atoms with Gasteiger partial charge in [0.15, 0.2) is 0 Å². The summed E-state index contributed by atoms with van der Waals surface area (Å²) in [6.07, 6.45) is 3.13. The molecule has 1 aromatic carbocycles. The standard InChI is InChI=1S/C14H11N3O4S/c18-13-11-7-10(1-2-12(11)17-14(13)19)22(20,21)16-8-9-3-5-15-6-4-9/h1-7,16H,8H2,(H,17,18,19). The fourth-order valence-corrected chi connectivity index (χ4v) is 3.09. The van der Waals surface area contributed by atoms with Crippen LogP contribution < -0.4 is 10.0 Å². The number of ketones is 1. The van der Waals surface area contributed by atoms with Gasteiger partial charge in [-0.3, -0.25) is 14.6 Å². The van der Waals surface area contributed by atoms with Crippen molar-refractivity contribution in [2.45, 2.75) is 11.4 Å². The molecule has 3 rings (SSSR count). The van der Waals surface area contributed by atoms with Gasteiger partial charge in [0.2, 0.25) is 10.0 Å². The Kier molecular flexibility index (Phi) is 3.47. The summed E-state index contributed by atoms with van der Waals surface area (Å²) in [5.41, 5.74) is 1.15. The Hall–Kier alpha value is -2.58. The minimum Gasteiger partial charge on any atom is -0.318 e. The molecule has 1 aliphatic heterocycles. The number of pyridine rings is 1. The van der Waals surface area contributed by atoms with E-state index in [1.165, 1.54) is 18.2 Å². The van der Waals surface area contributed by atoms with Crippen molar-refractivity contribution < 1.29 is 18.0 Å². The average molecular weight is 317 g/mol. The fourth-order valence-electron chi connectivity index (χ4n) is 2.05. The van der Waals surface area contributed by atoms with Crippen LogP contribution in [-0.4, -0.2) is 25.1 Å². The van der Waals surface area contributed by atoms with Crippen LogP contribution in [0.4, 0.5) is 5.69 Å². The number of carbonyl (C=O) groups is 2. The minimum atomic E-state index is -3.78. The Morgan fingerprint density at radius 2 is 1.82 bits per heavy atom. The molecule has 0 radical (unpaired) electrons. The van der Waals surface area contributed by atoms with Gasteiger partial charge >= 0.3 is 0 Å². The number of benzene rings is 1. The van der Waals surface area contributed by atoms with Crippen LogP contribution in [0.25, 0.3) is 0 Å². The lowest BCUT2D eigenvalue weighted by atomic mass is 10.1. The number of nitrogens with zero attached hydrogens (tertiary/aromatic N) is 1. The Labute approximate surface area is 126 Å². The van der Waals surface area contributed by atoms with E-state index in [9.17, 15) is 18.0 Å². The first-order chi connectivity index (χ1) is 10.5. The van der Waals surface area contributed by atoms with E-state index in [1.54, 1.807) is 24.5 Å². The van der Waals surface area contributed by atoms with Crippen LogP contribution in [0.5, 0.6) is 0 Å². The van der Waals surface area contributed by atoms with E-state index >= 15 is 0 Å². The summed E-state index contributed by atoms with van der Waals surface area (Å²) in [4.78, 5) is 26.7. The number of aromatic nitrogens is 1. The predicted molar refractivity (Wildman–Crippen MR) is 77.7 cm³/mol. The van der Waals surface area contributed by atoms with E-state index in [0.29, 0.717) is 5.69 Å². The van der Waals surface area contributed by atoms with Crippen molar-refractivity contribution in [3.8, 4) is 0 Å². The van der Waals surface area contributed by atoms with Crippen molar-refractivity contribution in [1.29, 1.82) is 0 Å². The number of fused-ring (bicyclic) bond motifs is 1. The second-order valence-corrected chi connectivity index (χ2v) is 6.44. The summed E-state index contributed by atoms with van der Waals surface area (Å²) in [6, 6.07) is 7.32. The van der Waals surface area contributed by atoms with Gasteiger partial charge in [0.25, 0.3) is 11.7 Å². The van der Waals surface area contributed by atoms with Crippen LogP contribution in [0.1, 0.15) is 15.9 Å². The zero-order chi connectivity index (χ0) is 15.7. The molecule has 0 fully saturated rings. The third-order valence-corrected chi connectivity index (χ3v) is 4.61. The predicted octanol–water partition coefficient (Wildman–Crippen LogP) is 0.695. The number of anilines is 1. The van der Waals surface area contributed by atoms with E-state index in [1.807, 2.05) is 0 Å². The Balaban J connectivity index is 1.84. The largest absolute Gasteiger partial charge is 0.318 e. The summed E-state index contributed by atoms with van der Waals surface area (Å²) in [5.74, 6) is -1.49. The van der Waals surface area contributed by atoms with Gasteiger partial charge < -0.3 is 5.32 Å². The number of sulfonamides is 1. The molecule has 0 saturated carbocycles. The van der Waals surface area contributed by atoms with Gasteiger partial charge in [-0.15, -0.1) is 0 Å². The molecule has 0 bridgehead atoms. The molecule has 1 amide bonds. The second kappa shape index (κ2) is 5.32. The first-order valence-corrected chi connectivity index (χ1v) is 7.84. The first-order valence-electron chi connectivity index (χ1n) is 6.36. The Bertz CT molecular complexity index is 863. The third kappa shape index (κ3) is 2.61. The molecule has 22 heavy (non-hydrogen) atoms. The van der Waals surface area contributed by atoms with Crippen molar-refractivity contribution in [2.75, 3.05) is 5.32 Å². The maximum atomic E-state index is 12.3. The number of amides is 1.